The van der Waals surface area contributed by atoms with E-state index in [4.69, 9.17) is 0 Å². The Kier molecular flexibility index (Phi) is 6.67. The summed E-state index contributed by atoms with van der Waals surface area (Å²) in [6.07, 6.45) is 0. The van der Waals surface area contributed by atoms with Crippen molar-refractivity contribution in [2.75, 3.05) is 0 Å². The summed E-state index contributed by atoms with van der Waals surface area (Å²) in [6, 6.07) is 8.74. The van der Waals surface area contributed by atoms with Crippen molar-refractivity contribution in [3.63, 3.8) is 0 Å². The maximum atomic E-state index is 11.2. The molecule has 0 aromatic heterocycles. The number of rotatable bonds is 2. The highest BCUT2D eigenvalue weighted by atomic mass is 16.3. The van der Waals surface area contributed by atoms with Gasteiger partial charge in [-0.3, -0.25) is 0 Å². The van der Waals surface area contributed by atoms with E-state index in [0.717, 1.165) is 22.3 Å². The van der Waals surface area contributed by atoms with E-state index in [1.165, 1.54) is 11.1 Å². The number of aromatic hydroxyl groups is 2. The first-order valence-electron chi connectivity index (χ1n) is 12.3. The molecule has 0 unspecified atom stereocenters. The fraction of sp³-hybridized carbons (Fsp3) is 0.613. The Morgan fingerprint density at radius 1 is 0.394 bits per heavy atom. The number of hydrogen-bond acceptors (Lipinski definition) is 2. The molecule has 0 aliphatic rings. The third kappa shape index (κ3) is 5.42. The predicted octanol–water partition coefficient (Wildman–Crippen LogP) is 8.61. The smallest absolute Gasteiger partial charge is 0.123 e. The van der Waals surface area contributed by atoms with Gasteiger partial charge in [-0.2, -0.15) is 0 Å². The molecule has 0 atom stereocenters. The van der Waals surface area contributed by atoms with Crippen LogP contribution in [0.25, 0.3) is 0 Å². The third-order valence-corrected chi connectivity index (χ3v) is 6.90. The minimum atomic E-state index is -0.318. The molecule has 2 aromatic rings. The van der Waals surface area contributed by atoms with Crippen LogP contribution in [-0.4, -0.2) is 10.2 Å². The Bertz CT molecular complexity index is 873. The zero-order valence-corrected chi connectivity index (χ0v) is 23.7. The van der Waals surface area contributed by atoms with Crippen LogP contribution in [0, 0.1) is 0 Å². The SMILES string of the molecule is CC(C)(C)c1cc(C(C)(C)c2cc(C(C)(C)C)c(O)c(C(C)(C)C)c2)cc(C(C)(C)C)c1O. The molecule has 0 saturated carbocycles. The van der Waals surface area contributed by atoms with Crippen LogP contribution in [0.1, 0.15) is 130 Å². The number of phenolic OH excluding ortho intramolecular Hbond substituents is 2. The third-order valence-electron chi connectivity index (χ3n) is 6.90. The first-order valence-corrected chi connectivity index (χ1v) is 12.3. The highest BCUT2D eigenvalue weighted by Gasteiger charge is 2.34. The summed E-state index contributed by atoms with van der Waals surface area (Å²) in [4.78, 5) is 0. The largest absolute Gasteiger partial charge is 0.507 e. The molecule has 2 aromatic carbocycles. The molecule has 0 spiro atoms. The second-order valence-electron chi connectivity index (χ2n) is 14.5. The molecule has 0 saturated heterocycles. The Morgan fingerprint density at radius 3 is 0.727 bits per heavy atom. The lowest BCUT2D eigenvalue weighted by Gasteiger charge is -2.35. The molecular formula is C31H48O2. The van der Waals surface area contributed by atoms with Gasteiger partial charge >= 0.3 is 0 Å². The quantitative estimate of drug-likeness (QED) is 0.479. The molecule has 2 nitrogen and oxygen atoms in total. The van der Waals surface area contributed by atoms with E-state index < -0.39 is 0 Å². The van der Waals surface area contributed by atoms with Crippen molar-refractivity contribution >= 4 is 0 Å². The first-order chi connectivity index (χ1) is 14.5. The summed E-state index contributed by atoms with van der Waals surface area (Å²) >= 11 is 0. The van der Waals surface area contributed by atoms with E-state index in [9.17, 15) is 10.2 Å². The highest BCUT2D eigenvalue weighted by molar-refractivity contribution is 5.56. The van der Waals surface area contributed by atoms with E-state index in [2.05, 4.69) is 121 Å². The van der Waals surface area contributed by atoms with Gasteiger partial charge in [0.2, 0.25) is 0 Å². The first kappa shape index (κ1) is 27.3. The average molecular weight is 453 g/mol. The Morgan fingerprint density at radius 2 is 0.576 bits per heavy atom. The molecule has 2 N–H and O–H groups in total. The molecule has 2 rings (SSSR count). The lowest BCUT2D eigenvalue weighted by Crippen LogP contribution is -2.26. The van der Waals surface area contributed by atoms with Crippen LogP contribution in [0.15, 0.2) is 24.3 Å². The molecule has 0 heterocycles. The molecule has 33 heavy (non-hydrogen) atoms. The predicted molar refractivity (Wildman–Crippen MR) is 143 cm³/mol. The van der Waals surface area contributed by atoms with Crippen LogP contribution in [0.4, 0.5) is 0 Å². The number of hydrogen-bond donors (Lipinski definition) is 2. The standard InChI is InChI=1S/C31H48O2/c1-27(2,3)21-15-19(16-22(25(21)32)28(4,5)6)31(13,14)20-17-23(29(7,8)9)26(33)24(18-20)30(10,11)12/h15-18,32-33H,1-14H3. The molecule has 0 amide bonds. The molecule has 184 valence electrons. The molecule has 0 radical (unpaired) electrons. The monoisotopic (exact) mass is 452 g/mol. The van der Waals surface area contributed by atoms with Crippen molar-refractivity contribution < 1.29 is 10.2 Å². The minimum absolute atomic E-state index is 0.182. The molecular weight excluding hydrogens is 404 g/mol. The normalized spacial score (nSPS) is 14.0. The summed E-state index contributed by atoms with van der Waals surface area (Å²) < 4.78 is 0. The van der Waals surface area contributed by atoms with E-state index in [1.54, 1.807) is 0 Å². The Balaban J connectivity index is 2.95. The molecule has 0 bridgehead atoms. The molecule has 2 heteroatoms. The van der Waals surface area contributed by atoms with Gasteiger partial charge in [0, 0.05) is 5.41 Å². The van der Waals surface area contributed by atoms with Crippen molar-refractivity contribution in [1.82, 2.24) is 0 Å². The van der Waals surface area contributed by atoms with Crippen molar-refractivity contribution in [1.29, 1.82) is 0 Å². The van der Waals surface area contributed by atoms with Crippen molar-refractivity contribution in [2.45, 2.75) is 124 Å². The van der Waals surface area contributed by atoms with Gasteiger partial charge in [0.25, 0.3) is 0 Å². The fourth-order valence-electron chi connectivity index (χ4n) is 4.44. The van der Waals surface area contributed by atoms with E-state index >= 15 is 0 Å². The maximum Gasteiger partial charge on any atom is 0.123 e. The molecule has 0 aliphatic heterocycles. The Labute approximate surface area is 203 Å². The van der Waals surface area contributed by atoms with E-state index in [0.29, 0.717) is 11.5 Å². The second kappa shape index (κ2) is 8.07. The van der Waals surface area contributed by atoms with E-state index in [1.807, 2.05) is 0 Å². The number of benzene rings is 2. The van der Waals surface area contributed by atoms with Crippen molar-refractivity contribution in [3.05, 3.63) is 57.6 Å². The Hall–Kier alpha value is -1.96. The lowest BCUT2D eigenvalue weighted by molar-refractivity contribution is 0.420. The van der Waals surface area contributed by atoms with Gasteiger partial charge in [0.05, 0.1) is 0 Å². The van der Waals surface area contributed by atoms with E-state index in [-0.39, 0.29) is 27.1 Å². The van der Waals surface area contributed by atoms with Crippen LogP contribution >= 0.6 is 0 Å². The topological polar surface area (TPSA) is 40.5 Å². The molecule has 0 aliphatic carbocycles. The highest BCUT2D eigenvalue weighted by Crippen LogP contribution is 2.46. The van der Waals surface area contributed by atoms with Crippen LogP contribution in [0.5, 0.6) is 11.5 Å². The summed E-state index contributed by atoms with van der Waals surface area (Å²) in [5, 5.41) is 22.5. The zero-order chi connectivity index (χ0) is 25.9. The van der Waals surface area contributed by atoms with Crippen LogP contribution in [-0.2, 0) is 27.1 Å². The summed E-state index contributed by atoms with van der Waals surface area (Å²) in [7, 11) is 0. The summed E-state index contributed by atoms with van der Waals surface area (Å²) in [5.41, 5.74) is 5.22. The van der Waals surface area contributed by atoms with Gasteiger partial charge in [0.15, 0.2) is 0 Å². The van der Waals surface area contributed by atoms with Crippen molar-refractivity contribution in [2.24, 2.45) is 0 Å². The maximum absolute atomic E-state index is 11.2. The van der Waals surface area contributed by atoms with Gasteiger partial charge in [-0.15, -0.1) is 0 Å². The van der Waals surface area contributed by atoms with Gasteiger partial charge in [-0.25, -0.2) is 0 Å². The lowest BCUT2D eigenvalue weighted by atomic mass is 9.69. The zero-order valence-electron chi connectivity index (χ0n) is 23.7. The van der Waals surface area contributed by atoms with Gasteiger partial charge < -0.3 is 10.2 Å². The fourth-order valence-corrected chi connectivity index (χ4v) is 4.44. The minimum Gasteiger partial charge on any atom is -0.507 e. The average Bonchev–Trinajstić information content (AvgIpc) is 2.57. The van der Waals surface area contributed by atoms with Crippen molar-refractivity contribution in [3.8, 4) is 11.5 Å². The van der Waals surface area contributed by atoms with Gasteiger partial charge in [-0.1, -0.05) is 121 Å². The van der Waals surface area contributed by atoms with Crippen LogP contribution in [0.3, 0.4) is 0 Å². The van der Waals surface area contributed by atoms with Gasteiger partial charge in [0.1, 0.15) is 11.5 Å². The van der Waals surface area contributed by atoms with Crippen LogP contribution in [0.2, 0.25) is 0 Å². The second-order valence-corrected chi connectivity index (χ2v) is 14.5. The summed E-state index contributed by atoms with van der Waals surface area (Å²) in [6.45, 7) is 30.4. The molecule has 0 fully saturated rings. The number of phenols is 2. The van der Waals surface area contributed by atoms with Gasteiger partial charge in [-0.05, 0) is 55.0 Å². The van der Waals surface area contributed by atoms with Crippen LogP contribution < -0.4 is 0 Å². The summed E-state index contributed by atoms with van der Waals surface area (Å²) in [5.74, 6) is 0.817.